The first-order valence-electron chi connectivity index (χ1n) is 9.44. The van der Waals surface area contributed by atoms with Crippen molar-refractivity contribution in [2.45, 2.75) is 58.2 Å². The van der Waals surface area contributed by atoms with Crippen molar-refractivity contribution in [1.29, 1.82) is 0 Å². The third kappa shape index (κ3) is 4.82. The number of rotatable bonds is 8. The molecule has 0 aromatic carbocycles. The molecule has 2 atom stereocenters. The minimum absolute atomic E-state index is 0.0781. The van der Waals surface area contributed by atoms with Gasteiger partial charge in [-0.15, -0.1) is 0 Å². The summed E-state index contributed by atoms with van der Waals surface area (Å²) in [5, 5.41) is 7.38. The molecular formula is C19H29N3O2S. The fourth-order valence-corrected chi connectivity index (χ4v) is 4.33. The molecule has 0 unspecified atom stereocenters. The second kappa shape index (κ2) is 8.32. The van der Waals surface area contributed by atoms with Crippen LogP contribution < -0.4 is 5.32 Å². The predicted octanol–water partition coefficient (Wildman–Crippen LogP) is 2.48. The Balaban J connectivity index is 1.65. The third-order valence-electron chi connectivity index (χ3n) is 5.27. The Labute approximate surface area is 154 Å². The van der Waals surface area contributed by atoms with Crippen LogP contribution in [0.4, 0.5) is 0 Å². The molecule has 1 saturated heterocycles. The normalized spacial score (nSPS) is 23.6. The summed E-state index contributed by atoms with van der Waals surface area (Å²) in [4.78, 5) is 29.3. The SMILES string of the molecule is CCN(CC)C(=O)[C@@H]1C[C@@H](NC(=O)CC2CC2)CN1Cc1ccsc1. The van der Waals surface area contributed by atoms with Gasteiger partial charge in [0, 0.05) is 38.6 Å². The minimum atomic E-state index is -0.133. The van der Waals surface area contributed by atoms with E-state index in [2.05, 4.69) is 27.0 Å². The number of hydrogen-bond donors (Lipinski definition) is 1. The smallest absolute Gasteiger partial charge is 0.240 e. The molecule has 1 aliphatic carbocycles. The molecule has 1 aromatic rings. The molecule has 0 radical (unpaired) electrons. The van der Waals surface area contributed by atoms with E-state index < -0.39 is 0 Å². The topological polar surface area (TPSA) is 52.7 Å². The van der Waals surface area contributed by atoms with Gasteiger partial charge in [-0.05, 0) is 61.4 Å². The lowest BCUT2D eigenvalue weighted by molar-refractivity contribution is -0.135. The lowest BCUT2D eigenvalue weighted by atomic mass is 10.1. The minimum Gasteiger partial charge on any atom is -0.352 e. The van der Waals surface area contributed by atoms with E-state index in [-0.39, 0.29) is 23.9 Å². The number of carbonyl (C=O) groups excluding carboxylic acids is 2. The molecule has 1 saturated carbocycles. The van der Waals surface area contributed by atoms with Crippen LogP contribution in [-0.2, 0) is 16.1 Å². The molecule has 1 aromatic heterocycles. The summed E-state index contributed by atoms with van der Waals surface area (Å²) >= 11 is 1.68. The van der Waals surface area contributed by atoms with Gasteiger partial charge in [0.15, 0.2) is 0 Å². The second-order valence-corrected chi connectivity index (χ2v) is 8.02. The molecular weight excluding hydrogens is 334 g/mol. The number of likely N-dealkylation sites (tertiary alicyclic amines) is 1. The maximum atomic E-state index is 12.9. The van der Waals surface area contributed by atoms with Crippen LogP contribution in [0.25, 0.3) is 0 Å². The van der Waals surface area contributed by atoms with Gasteiger partial charge in [-0.2, -0.15) is 11.3 Å². The number of carbonyl (C=O) groups is 2. The second-order valence-electron chi connectivity index (χ2n) is 7.24. The van der Waals surface area contributed by atoms with Gasteiger partial charge in [0.25, 0.3) is 0 Å². The predicted molar refractivity (Wildman–Crippen MR) is 100 cm³/mol. The first-order chi connectivity index (χ1) is 12.1. The number of hydrogen-bond acceptors (Lipinski definition) is 4. The first-order valence-corrected chi connectivity index (χ1v) is 10.4. The third-order valence-corrected chi connectivity index (χ3v) is 6.00. The summed E-state index contributed by atoms with van der Waals surface area (Å²) in [5.41, 5.74) is 1.24. The van der Waals surface area contributed by atoms with Crippen LogP contribution in [0.15, 0.2) is 16.8 Å². The van der Waals surface area contributed by atoms with Crippen molar-refractivity contribution < 1.29 is 9.59 Å². The van der Waals surface area contributed by atoms with Gasteiger partial charge in [-0.3, -0.25) is 14.5 Å². The molecule has 0 bridgehead atoms. The van der Waals surface area contributed by atoms with Crippen LogP contribution in [-0.4, -0.2) is 53.3 Å². The van der Waals surface area contributed by atoms with Gasteiger partial charge in [-0.25, -0.2) is 0 Å². The summed E-state index contributed by atoms with van der Waals surface area (Å²) in [7, 11) is 0. The summed E-state index contributed by atoms with van der Waals surface area (Å²) in [6, 6.07) is 2.06. The number of thiophene rings is 1. The van der Waals surface area contributed by atoms with Gasteiger partial charge >= 0.3 is 0 Å². The van der Waals surface area contributed by atoms with Crippen LogP contribution in [0, 0.1) is 5.92 Å². The molecule has 1 aliphatic heterocycles. The largest absolute Gasteiger partial charge is 0.352 e. The molecule has 6 heteroatoms. The monoisotopic (exact) mass is 363 g/mol. The number of nitrogens with zero attached hydrogens (tertiary/aromatic N) is 2. The van der Waals surface area contributed by atoms with E-state index in [9.17, 15) is 9.59 Å². The number of amides is 2. The Hall–Kier alpha value is -1.40. The van der Waals surface area contributed by atoms with Gasteiger partial charge < -0.3 is 10.2 Å². The summed E-state index contributed by atoms with van der Waals surface area (Å²) < 4.78 is 0. The van der Waals surface area contributed by atoms with Crippen LogP contribution in [0.2, 0.25) is 0 Å². The first kappa shape index (κ1) is 18.4. The Kier molecular flexibility index (Phi) is 6.12. The molecule has 2 aliphatic rings. The Morgan fingerprint density at radius 2 is 2.08 bits per heavy atom. The van der Waals surface area contributed by atoms with Crippen LogP contribution in [0.5, 0.6) is 0 Å². The Morgan fingerprint density at radius 3 is 2.68 bits per heavy atom. The number of nitrogens with one attached hydrogen (secondary N) is 1. The van der Waals surface area contributed by atoms with Gasteiger partial charge in [0.2, 0.25) is 11.8 Å². The van der Waals surface area contributed by atoms with Crippen molar-refractivity contribution >= 4 is 23.2 Å². The van der Waals surface area contributed by atoms with Crippen molar-refractivity contribution in [2.75, 3.05) is 19.6 Å². The fraction of sp³-hybridized carbons (Fsp3) is 0.684. The molecule has 1 N–H and O–H groups in total. The molecule has 3 rings (SSSR count). The summed E-state index contributed by atoms with van der Waals surface area (Å²) in [6.07, 6.45) is 3.74. The molecule has 2 heterocycles. The van der Waals surface area contributed by atoms with Crippen molar-refractivity contribution in [2.24, 2.45) is 5.92 Å². The van der Waals surface area contributed by atoms with E-state index in [1.165, 1.54) is 18.4 Å². The fourth-order valence-electron chi connectivity index (χ4n) is 3.67. The van der Waals surface area contributed by atoms with E-state index in [4.69, 9.17) is 0 Å². The van der Waals surface area contributed by atoms with Gasteiger partial charge in [-0.1, -0.05) is 0 Å². The number of likely N-dealkylation sites (N-methyl/N-ethyl adjacent to an activating group) is 1. The van der Waals surface area contributed by atoms with Crippen molar-refractivity contribution in [1.82, 2.24) is 15.1 Å². The standard InChI is InChI=1S/C19H29N3O2S/c1-3-21(4-2)19(24)17-10-16(20-18(23)9-14-5-6-14)12-22(17)11-15-7-8-25-13-15/h7-8,13-14,16-17H,3-6,9-12H2,1-2H3,(H,20,23)/t16-,17+/m1/s1. The molecule has 2 fully saturated rings. The quantitative estimate of drug-likeness (QED) is 0.772. The average Bonchev–Trinajstić information content (AvgIpc) is 3.09. The summed E-state index contributed by atoms with van der Waals surface area (Å²) in [6.45, 7) is 7.04. The van der Waals surface area contributed by atoms with Crippen molar-refractivity contribution in [3.8, 4) is 0 Å². The van der Waals surface area contributed by atoms with E-state index in [0.717, 1.165) is 32.6 Å². The lowest BCUT2D eigenvalue weighted by Gasteiger charge is -2.28. The van der Waals surface area contributed by atoms with Gasteiger partial charge in [0.05, 0.1) is 6.04 Å². The Bertz CT molecular complexity index is 581. The average molecular weight is 364 g/mol. The summed E-state index contributed by atoms with van der Waals surface area (Å²) in [5.74, 6) is 0.939. The Morgan fingerprint density at radius 1 is 1.32 bits per heavy atom. The zero-order chi connectivity index (χ0) is 17.8. The maximum absolute atomic E-state index is 12.9. The zero-order valence-corrected chi connectivity index (χ0v) is 16.1. The molecule has 5 nitrogen and oxygen atoms in total. The van der Waals surface area contributed by atoms with E-state index >= 15 is 0 Å². The highest BCUT2D eigenvalue weighted by Gasteiger charge is 2.39. The molecule has 138 valence electrons. The van der Waals surface area contributed by atoms with E-state index in [0.29, 0.717) is 12.3 Å². The molecule has 2 amide bonds. The molecule has 25 heavy (non-hydrogen) atoms. The lowest BCUT2D eigenvalue weighted by Crippen LogP contribution is -2.45. The highest BCUT2D eigenvalue weighted by Crippen LogP contribution is 2.32. The van der Waals surface area contributed by atoms with E-state index in [1.807, 2.05) is 18.7 Å². The maximum Gasteiger partial charge on any atom is 0.240 e. The van der Waals surface area contributed by atoms with Gasteiger partial charge in [0.1, 0.15) is 0 Å². The van der Waals surface area contributed by atoms with Crippen molar-refractivity contribution in [3.63, 3.8) is 0 Å². The van der Waals surface area contributed by atoms with Crippen LogP contribution in [0.3, 0.4) is 0 Å². The van der Waals surface area contributed by atoms with Crippen LogP contribution in [0.1, 0.15) is 45.1 Å². The van der Waals surface area contributed by atoms with Crippen LogP contribution >= 0.6 is 11.3 Å². The molecule has 0 spiro atoms. The highest BCUT2D eigenvalue weighted by atomic mass is 32.1. The zero-order valence-electron chi connectivity index (χ0n) is 15.2. The van der Waals surface area contributed by atoms with E-state index in [1.54, 1.807) is 11.3 Å². The van der Waals surface area contributed by atoms with Crippen molar-refractivity contribution in [3.05, 3.63) is 22.4 Å². The highest BCUT2D eigenvalue weighted by molar-refractivity contribution is 7.07.